The third-order valence-electron chi connectivity index (χ3n) is 5.49. The Morgan fingerprint density at radius 1 is 0.630 bits per heavy atom. The summed E-state index contributed by atoms with van der Waals surface area (Å²) in [6.07, 6.45) is 4.31. The Morgan fingerprint density at radius 2 is 0.963 bits per heavy atom. The normalized spacial score (nSPS) is 17.8. The highest BCUT2D eigenvalue weighted by molar-refractivity contribution is 6.15. The Morgan fingerprint density at radius 3 is 1.22 bits per heavy atom. The second-order valence-corrected chi connectivity index (χ2v) is 11.2. The highest BCUT2D eigenvalue weighted by Gasteiger charge is 2.51. The minimum absolute atomic E-state index is 0.382. The number of hydrogen-bond donors (Lipinski definition) is 1. The molecular weight excluding hydrogens is 374 g/mol. The Balaban J connectivity index is 5.49. The van der Waals surface area contributed by atoms with Crippen molar-refractivity contribution < 1.29 is 18.9 Å². The minimum atomic E-state index is -0.605. The highest BCUT2D eigenvalue weighted by Crippen LogP contribution is 2.33. The Bertz CT molecular complexity index is 373. The zero-order valence-corrected chi connectivity index (χ0v) is 23.8. The summed E-state index contributed by atoms with van der Waals surface area (Å²) >= 11 is 0. The van der Waals surface area contributed by atoms with E-state index in [1.807, 2.05) is 13.8 Å². The van der Waals surface area contributed by atoms with E-state index in [9.17, 15) is 0 Å². The first kappa shape index (κ1) is 27.2. The summed E-state index contributed by atoms with van der Waals surface area (Å²) in [5, 5.41) is 3.81. The third kappa shape index (κ3) is 7.87. The van der Waals surface area contributed by atoms with E-state index in [2.05, 4.69) is 46.9 Å². The van der Waals surface area contributed by atoms with E-state index >= 15 is 0 Å². The third-order valence-corrected chi connectivity index (χ3v) is 9.14. The summed E-state index contributed by atoms with van der Waals surface area (Å²) in [6, 6.07) is 0. The van der Waals surface area contributed by atoms with Crippen LogP contribution in [0.1, 0.15) is 81.1 Å². The molecule has 0 bridgehead atoms. The van der Waals surface area contributed by atoms with Crippen LogP contribution in [0.15, 0.2) is 0 Å². The average molecular weight is 422 g/mol. The lowest BCUT2D eigenvalue weighted by atomic mass is 9.94. The van der Waals surface area contributed by atoms with Gasteiger partial charge in [0.2, 0.25) is 0 Å². The van der Waals surface area contributed by atoms with Crippen molar-refractivity contribution in [1.29, 1.82) is 0 Å². The Kier molecular flexibility index (Phi) is 12.2. The Hall–Kier alpha value is 0.234. The summed E-state index contributed by atoms with van der Waals surface area (Å²) in [7, 11) is 1.52. The summed E-state index contributed by atoms with van der Waals surface area (Å²) < 4.78 is 24.9. The monoisotopic (exact) mass is 421 g/mol. The molecule has 27 heavy (non-hydrogen) atoms. The maximum atomic E-state index is 6.30. The van der Waals surface area contributed by atoms with Crippen molar-refractivity contribution in [1.82, 2.24) is 5.32 Å². The quantitative estimate of drug-likeness (QED) is 0.234. The zero-order valence-electron chi connectivity index (χ0n) is 19.8. The molecule has 2 unspecified atom stereocenters. The predicted molar refractivity (Wildman–Crippen MR) is 122 cm³/mol. The van der Waals surface area contributed by atoms with Gasteiger partial charge in [0.1, 0.15) is 0 Å². The van der Waals surface area contributed by atoms with Gasteiger partial charge in [0.25, 0.3) is 0 Å². The molecule has 1 N–H and O–H groups in total. The molecule has 0 spiro atoms. The van der Waals surface area contributed by atoms with Crippen molar-refractivity contribution in [3.8, 4) is 0 Å². The van der Waals surface area contributed by atoms with Crippen LogP contribution < -0.4 is 5.32 Å². The fraction of sp³-hybridized carbons (Fsp3) is 1.00. The molecule has 0 aliphatic rings. The molecule has 0 aliphatic carbocycles. The molecule has 5 nitrogen and oxygen atoms in total. The Labute approximate surface area is 174 Å². The first-order chi connectivity index (χ1) is 12.4. The number of ether oxygens (including phenoxy) is 4. The number of nitrogens with one attached hydrogen (secondary N) is 1. The van der Waals surface area contributed by atoms with Crippen LogP contribution >= 0.6 is 0 Å². The molecule has 0 aromatic carbocycles. The first-order valence-electron chi connectivity index (χ1n) is 10.8. The van der Waals surface area contributed by atoms with Gasteiger partial charge in [-0.3, -0.25) is 5.32 Å². The largest absolute Gasteiger partial charge is 0.353 e. The van der Waals surface area contributed by atoms with Gasteiger partial charge < -0.3 is 18.9 Å². The molecule has 0 aromatic heterocycles. The average Bonchev–Trinajstić information content (AvgIpc) is 2.54. The fourth-order valence-corrected chi connectivity index (χ4v) is 4.42. The van der Waals surface area contributed by atoms with Crippen molar-refractivity contribution >= 4 is 20.5 Å². The second kappa shape index (κ2) is 12.0. The molecule has 0 heterocycles. The van der Waals surface area contributed by atoms with Gasteiger partial charge in [-0.2, -0.15) is 0 Å². The smallest absolute Gasteiger partial charge is 0.158 e. The lowest BCUT2D eigenvalue weighted by Crippen LogP contribution is -2.73. The topological polar surface area (TPSA) is 49.0 Å². The van der Waals surface area contributed by atoms with Gasteiger partial charge in [-0.15, -0.1) is 0 Å². The van der Waals surface area contributed by atoms with E-state index < -0.39 is 10.8 Å². The SMILES string of the molecule is CCCCOC([SiH3])(OCC)C(C)(C)NC(C)(C)C([SiH3])(OCC)OCCCC. The number of hydrogen-bond acceptors (Lipinski definition) is 5. The van der Waals surface area contributed by atoms with Crippen LogP contribution in [0.25, 0.3) is 0 Å². The second-order valence-electron chi connectivity index (χ2n) is 8.54. The fourth-order valence-electron chi connectivity index (χ4n) is 3.19. The molecule has 0 radical (unpaired) electrons. The van der Waals surface area contributed by atoms with Crippen LogP contribution in [-0.2, 0) is 18.9 Å². The predicted octanol–water partition coefficient (Wildman–Crippen LogP) is 1.88. The molecule has 0 aliphatic heterocycles. The molecule has 2 atom stereocenters. The first-order valence-corrected chi connectivity index (χ1v) is 12.8. The van der Waals surface area contributed by atoms with Crippen molar-refractivity contribution in [2.75, 3.05) is 26.4 Å². The van der Waals surface area contributed by atoms with Gasteiger partial charge >= 0.3 is 0 Å². The van der Waals surface area contributed by atoms with Crippen molar-refractivity contribution in [2.45, 2.75) is 103 Å². The maximum Gasteiger partial charge on any atom is 0.158 e. The summed E-state index contributed by atoms with van der Waals surface area (Å²) in [5.41, 5.74) is -1.97. The lowest BCUT2D eigenvalue weighted by Gasteiger charge is -2.53. The molecule has 0 amide bonds. The van der Waals surface area contributed by atoms with E-state index in [4.69, 9.17) is 18.9 Å². The van der Waals surface area contributed by atoms with E-state index in [-0.39, 0.29) is 11.1 Å². The molecular formula is C20H47NO4Si2. The van der Waals surface area contributed by atoms with Gasteiger partial charge in [-0.25, -0.2) is 0 Å². The summed E-state index contributed by atoms with van der Waals surface area (Å²) in [5.74, 6) is 0. The van der Waals surface area contributed by atoms with E-state index in [1.165, 1.54) is 0 Å². The van der Waals surface area contributed by atoms with Crippen molar-refractivity contribution in [3.05, 3.63) is 0 Å². The van der Waals surface area contributed by atoms with Gasteiger partial charge in [-0.1, -0.05) is 26.7 Å². The molecule has 0 fully saturated rings. The van der Waals surface area contributed by atoms with Crippen LogP contribution in [-0.4, -0.2) is 68.8 Å². The molecule has 0 saturated heterocycles. The van der Waals surface area contributed by atoms with E-state index in [1.54, 1.807) is 0 Å². The highest BCUT2D eigenvalue weighted by atomic mass is 28.2. The molecule has 0 aromatic rings. The van der Waals surface area contributed by atoms with Crippen LogP contribution in [0, 0.1) is 0 Å². The lowest BCUT2D eigenvalue weighted by molar-refractivity contribution is -0.246. The molecule has 7 heteroatoms. The van der Waals surface area contributed by atoms with Gasteiger partial charge in [0, 0.05) is 26.4 Å². The van der Waals surface area contributed by atoms with E-state index in [0.717, 1.165) is 59.4 Å². The van der Waals surface area contributed by atoms with Crippen LogP contribution in [0.2, 0.25) is 0 Å². The minimum Gasteiger partial charge on any atom is -0.353 e. The van der Waals surface area contributed by atoms with Crippen LogP contribution in [0.4, 0.5) is 0 Å². The van der Waals surface area contributed by atoms with Gasteiger partial charge in [0.05, 0.1) is 31.6 Å². The maximum absolute atomic E-state index is 6.30. The summed E-state index contributed by atoms with van der Waals surface area (Å²) in [6.45, 7) is 19.8. The molecule has 0 rings (SSSR count). The van der Waals surface area contributed by atoms with Gasteiger partial charge in [-0.05, 0) is 54.4 Å². The number of unbranched alkanes of at least 4 members (excludes halogenated alkanes) is 2. The number of rotatable bonds is 16. The van der Waals surface area contributed by atoms with Crippen molar-refractivity contribution in [2.24, 2.45) is 0 Å². The van der Waals surface area contributed by atoms with E-state index in [0.29, 0.717) is 13.2 Å². The van der Waals surface area contributed by atoms with Gasteiger partial charge in [0.15, 0.2) is 10.8 Å². The van der Waals surface area contributed by atoms with Crippen LogP contribution in [0.3, 0.4) is 0 Å². The van der Waals surface area contributed by atoms with Crippen LogP contribution in [0.5, 0.6) is 0 Å². The summed E-state index contributed by atoms with van der Waals surface area (Å²) in [4.78, 5) is 0. The molecule has 164 valence electrons. The standard InChI is InChI=1S/C20H47NO4Si2/c1-9-13-15-24-19(26,22-11-3)17(5,6)21-18(7,8)20(27,23-12-4)25-16-14-10-2/h21H,9-16H2,1-8,26-27H3. The zero-order chi connectivity index (χ0) is 21.2. The van der Waals surface area contributed by atoms with Crippen molar-refractivity contribution in [3.63, 3.8) is 0 Å². The molecule has 0 saturated carbocycles.